The van der Waals surface area contributed by atoms with Gasteiger partial charge in [0.1, 0.15) is 0 Å². The molecule has 0 aliphatic heterocycles. The molecular weight excluding hydrogens is 338 g/mol. The molecule has 0 saturated carbocycles. The normalized spacial score (nSPS) is 10.1. The highest BCUT2D eigenvalue weighted by atomic mass is 16.5. The Balaban J connectivity index is 1.84. The van der Waals surface area contributed by atoms with Gasteiger partial charge in [-0.15, -0.1) is 0 Å². The molecule has 0 aliphatic carbocycles. The number of benzene rings is 2. The predicted molar refractivity (Wildman–Crippen MR) is 93.8 cm³/mol. The monoisotopic (exact) mass is 357 g/mol. The number of anilines is 1. The first-order chi connectivity index (χ1) is 12.5. The fourth-order valence-corrected chi connectivity index (χ4v) is 2.12. The van der Waals surface area contributed by atoms with Gasteiger partial charge in [0.2, 0.25) is 0 Å². The van der Waals surface area contributed by atoms with Gasteiger partial charge >= 0.3 is 11.9 Å². The molecular formula is C19H19NO6. The van der Waals surface area contributed by atoms with E-state index in [1.165, 1.54) is 19.2 Å². The summed E-state index contributed by atoms with van der Waals surface area (Å²) in [5.41, 5.74) is 2.12. The standard InChI is InChI=1S/C19H19NO6/c1-24-11-13-3-5-15(6-4-13)19(23)26-12-17(21)20-16-9-7-14(8-10-16)18(22)25-2/h3-10H,11-12H2,1-2H3,(H,20,21). The van der Waals surface area contributed by atoms with E-state index in [2.05, 4.69) is 10.1 Å². The van der Waals surface area contributed by atoms with E-state index < -0.39 is 24.5 Å². The molecule has 2 aromatic rings. The summed E-state index contributed by atoms with van der Waals surface area (Å²) in [6.45, 7) is 0.0317. The molecule has 0 saturated heterocycles. The smallest absolute Gasteiger partial charge is 0.338 e. The van der Waals surface area contributed by atoms with Crippen molar-refractivity contribution in [2.75, 3.05) is 26.1 Å². The number of carbonyl (C=O) groups excluding carboxylic acids is 3. The average Bonchev–Trinajstić information content (AvgIpc) is 2.67. The van der Waals surface area contributed by atoms with Gasteiger partial charge in [0, 0.05) is 12.8 Å². The fourth-order valence-electron chi connectivity index (χ4n) is 2.12. The van der Waals surface area contributed by atoms with Crippen molar-refractivity contribution < 1.29 is 28.6 Å². The number of rotatable bonds is 7. The molecule has 0 spiro atoms. The molecule has 1 amide bonds. The first-order valence-electron chi connectivity index (χ1n) is 7.76. The van der Waals surface area contributed by atoms with Gasteiger partial charge in [-0.05, 0) is 42.0 Å². The maximum Gasteiger partial charge on any atom is 0.338 e. The maximum absolute atomic E-state index is 11.9. The zero-order valence-electron chi connectivity index (χ0n) is 14.5. The number of esters is 2. The molecule has 7 heteroatoms. The van der Waals surface area contributed by atoms with E-state index in [4.69, 9.17) is 9.47 Å². The maximum atomic E-state index is 11.9. The van der Waals surface area contributed by atoms with E-state index >= 15 is 0 Å². The third-order valence-corrected chi connectivity index (χ3v) is 3.42. The number of hydrogen-bond acceptors (Lipinski definition) is 6. The molecule has 2 rings (SSSR count). The van der Waals surface area contributed by atoms with Crippen LogP contribution < -0.4 is 5.32 Å². The van der Waals surface area contributed by atoms with Gasteiger partial charge in [0.15, 0.2) is 6.61 Å². The Morgan fingerprint density at radius 1 is 0.846 bits per heavy atom. The summed E-state index contributed by atoms with van der Waals surface area (Å²) < 4.78 is 14.6. The van der Waals surface area contributed by atoms with Crippen LogP contribution in [0.2, 0.25) is 0 Å². The van der Waals surface area contributed by atoms with E-state index in [0.29, 0.717) is 23.4 Å². The third kappa shape index (κ3) is 5.42. The Bertz CT molecular complexity index is 768. The lowest BCUT2D eigenvalue weighted by Gasteiger charge is -2.08. The van der Waals surface area contributed by atoms with Crippen molar-refractivity contribution in [3.05, 3.63) is 65.2 Å². The zero-order valence-corrected chi connectivity index (χ0v) is 14.5. The van der Waals surface area contributed by atoms with Gasteiger partial charge in [0.05, 0.1) is 24.8 Å². The van der Waals surface area contributed by atoms with Gasteiger partial charge in [-0.3, -0.25) is 4.79 Å². The molecule has 7 nitrogen and oxygen atoms in total. The number of carbonyl (C=O) groups is 3. The lowest BCUT2D eigenvalue weighted by Crippen LogP contribution is -2.21. The van der Waals surface area contributed by atoms with Crippen LogP contribution in [0.15, 0.2) is 48.5 Å². The van der Waals surface area contributed by atoms with Gasteiger partial charge < -0.3 is 19.5 Å². The van der Waals surface area contributed by atoms with Crippen LogP contribution >= 0.6 is 0 Å². The first kappa shape index (κ1) is 19.1. The van der Waals surface area contributed by atoms with Crippen molar-refractivity contribution in [1.82, 2.24) is 0 Å². The summed E-state index contributed by atoms with van der Waals surface area (Å²) in [4.78, 5) is 35.1. The number of methoxy groups -OCH3 is 2. The third-order valence-electron chi connectivity index (χ3n) is 3.42. The molecule has 0 unspecified atom stereocenters. The molecule has 0 heterocycles. The second-order valence-corrected chi connectivity index (χ2v) is 5.32. The highest BCUT2D eigenvalue weighted by Gasteiger charge is 2.11. The van der Waals surface area contributed by atoms with Crippen molar-refractivity contribution in [3.8, 4) is 0 Å². The van der Waals surface area contributed by atoms with Crippen LogP contribution in [-0.2, 0) is 25.6 Å². The Hall–Kier alpha value is -3.19. The van der Waals surface area contributed by atoms with Crippen LogP contribution in [-0.4, -0.2) is 38.7 Å². The lowest BCUT2D eigenvalue weighted by atomic mass is 10.1. The molecule has 2 aromatic carbocycles. The van der Waals surface area contributed by atoms with E-state index in [9.17, 15) is 14.4 Å². The summed E-state index contributed by atoms with van der Waals surface area (Å²) in [6.07, 6.45) is 0. The largest absolute Gasteiger partial charge is 0.465 e. The molecule has 0 aromatic heterocycles. The summed E-state index contributed by atoms with van der Waals surface area (Å²) in [7, 11) is 2.88. The van der Waals surface area contributed by atoms with Crippen LogP contribution in [0.25, 0.3) is 0 Å². The fraction of sp³-hybridized carbons (Fsp3) is 0.211. The number of hydrogen-bond donors (Lipinski definition) is 1. The molecule has 0 aliphatic rings. The van der Waals surface area contributed by atoms with Crippen molar-refractivity contribution in [2.24, 2.45) is 0 Å². The Kier molecular flexibility index (Phi) is 6.87. The number of amides is 1. The predicted octanol–water partition coefficient (Wildman–Crippen LogP) is 2.42. The van der Waals surface area contributed by atoms with Gasteiger partial charge in [0.25, 0.3) is 5.91 Å². The topological polar surface area (TPSA) is 90.9 Å². The second kappa shape index (κ2) is 9.33. The zero-order chi connectivity index (χ0) is 18.9. The molecule has 0 bridgehead atoms. The average molecular weight is 357 g/mol. The number of nitrogens with one attached hydrogen (secondary N) is 1. The molecule has 0 fully saturated rings. The van der Waals surface area contributed by atoms with Crippen LogP contribution in [0.1, 0.15) is 26.3 Å². The second-order valence-electron chi connectivity index (χ2n) is 5.32. The summed E-state index contributed by atoms with van der Waals surface area (Å²) in [5.74, 6) is -1.54. The highest BCUT2D eigenvalue weighted by Crippen LogP contribution is 2.11. The molecule has 0 atom stereocenters. The molecule has 136 valence electrons. The van der Waals surface area contributed by atoms with Gasteiger partial charge in [-0.1, -0.05) is 12.1 Å². The van der Waals surface area contributed by atoms with E-state index in [0.717, 1.165) is 5.56 Å². The summed E-state index contributed by atoms with van der Waals surface area (Å²) in [5, 5.41) is 2.57. The first-order valence-corrected chi connectivity index (χ1v) is 7.76. The Labute approximate surface area is 150 Å². The van der Waals surface area contributed by atoms with Gasteiger partial charge in [-0.25, -0.2) is 9.59 Å². The Morgan fingerprint density at radius 3 is 2.00 bits per heavy atom. The molecule has 0 radical (unpaired) electrons. The SMILES string of the molecule is COCc1ccc(C(=O)OCC(=O)Nc2ccc(C(=O)OC)cc2)cc1. The minimum absolute atomic E-state index is 0.347. The molecule has 1 N–H and O–H groups in total. The minimum atomic E-state index is -0.592. The van der Waals surface area contributed by atoms with Crippen LogP contribution in [0.4, 0.5) is 5.69 Å². The quantitative estimate of drug-likeness (QED) is 0.765. The van der Waals surface area contributed by atoms with Crippen molar-refractivity contribution >= 4 is 23.5 Å². The molecule has 26 heavy (non-hydrogen) atoms. The van der Waals surface area contributed by atoms with E-state index in [1.807, 2.05) is 0 Å². The Morgan fingerprint density at radius 2 is 1.42 bits per heavy atom. The minimum Gasteiger partial charge on any atom is -0.465 e. The van der Waals surface area contributed by atoms with Crippen LogP contribution in [0.5, 0.6) is 0 Å². The highest BCUT2D eigenvalue weighted by molar-refractivity contribution is 5.96. The van der Waals surface area contributed by atoms with E-state index in [-0.39, 0.29) is 0 Å². The summed E-state index contributed by atoms with van der Waals surface area (Å²) >= 11 is 0. The van der Waals surface area contributed by atoms with Gasteiger partial charge in [-0.2, -0.15) is 0 Å². The van der Waals surface area contributed by atoms with Crippen molar-refractivity contribution in [2.45, 2.75) is 6.61 Å². The van der Waals surface area contributed by atoms with Crippen molar-refractivity contribution in [3.63, 3.8) is 0 Å². The number of ether oxygens (including phenoxy) is 3. The van der Waals surface area contributed by atoms with Crippen molar-refractivity contribution in [1.29, 1.82) is 0 Å². The lowest BCUT2D eigenvalue weighted by molar-refractivity contribution is -0.119. The van der Waals surface area contributed by atoms with E-state index in [1.54, 1.807) is 43.5 Å². The summed E-state index contributed by atoms with van der Waals surface area (Å²) in [6, 6.07) is 12.9. The van der Waals surface area contributed by atoms with Crippen LogP contribution in [0, 0.1) is 0 Å². The van der Waals surface area contributed by atoms with Crippen LogP contribution in [0.3, 0.4) is 0 Å².